The van der Waals surface area contributed by atoms with E-state index >= 15 is 0 Å². The number of hydrogen-bond acceptors (Lipinski definition) is 5. The number of amides is 2. The number of urea groups is 1. The van der Waals surface area contributed by atoms with E-state index in [0.29, 0.717) is 18.8 Å². The number of rotatable bonds is 7. The van der Waals surface area contributed by atoms with E-state index in [1.807, 2.05) is 6.07 Å². The van der Waals surface area contributed by atoms with Gasteiger partial charge in [0.2, 0.25) is 0 Å². The Hall–Kier alpha value is -1.57. The van der Waals surface area contributed by atoms with Crippen molar-refractivity contribution in [3.8, 4) is 0 Å². The van der Waals surface area contributed by atoms with Crippen LogP contribution in [0.4, 0.5) is 4.79 Å². The van der Waals surface area contributed by atoms with Crippen molar-refractivity contribution >= 4 is 6.03 Å². The third kappa shape index (κ3) is 5.22. The highest BCUT2D eigenvalue weighted by molar-refractivity contribution is 5.74. The van der Waals surface area contributed by atoms with Crippen LogP contribution in [0.5, 0.6) is 0 Å². The van der Waals surface area contributed by atoms with Gasteiger partial charge in [-0.15, -0.1) is 0 Å². The zero-order valence-electron chi connectivity index (χ0n) is 15.0. The van der Waals surface area contributed by atoms with Crippen molar-refractivity contribution < 1.29 is 14.3 Å². The predicted molar refractivity (Wildman–Crippen MR) is 92.8 cm³/mol. The summed E-state index contributed by atoms with van der Waals surface area (Å²) in [4.78, 5) is 18.8. The molecule has 1 fully saturated rings. The molecule has 7 heteroatoms. The monoisotopic (exact) mass is 338 g/mol. The maximum atomic E-state index is 12.5. The lowest BCUT2D eigenvalue weighted by Crippen LogP contribution is -2.58. The summed E-state index contributed by atoms with van der Waals surface area (Å²) in [6.45, 7) is 9.54. The Balaban J connectivity index is 1.86. The SMILES string of the molecule is CN1CCN(C(C)(C)CNC(=O)N(CCO)Cc2ccco2)CC1. The molecule has 0 spiro atoms. The summed E-state index contributed by atoms with van der Waals surface area (Å²) in [5.41, 5.74) is -0.105. The summed E-state index contributed by atoms with van der Waals surface area (Å²) in [7, 11) is 2.13. The highest BCUT2D eigenvalue weighted by atomic mass is 16.3. The lowest BCUT2D eigenvalue weighted by molar-refractivity contribution is 0.0618. The van der Waals surface area contributed by atoms with Crippen molar-refractivity contribution in [2.24, 2.45) is 0 Å². The van der Waals surface area contributed by atoms with Crippen LogP contribution in [0, 0.1) is 0 Å². The molecule has 0 radical (unpaired) electrons. The van der Waals surface area contributed by atoms with Gasteiger partial charge in [-0.2, -0.15) is 0 Å². The van der Waals surface area contributed by atoms with Crippen LogP contribution >= 0.6 is 0 Å². The van der Waals surface area contributed by atoms with Gasteiger partial charge in [-0.05, 0) is 33.0 Å². The molecule has 0 saturated carbocycles. The Morgan fingerprint density at radius 2 is 2.08 bits per heavy atom. The Labute approximate surface area is 144 Å². The lowest BCUT2D eigenvalue weighted by atomic mass is 10.0. The first-order chi connectivity index (χ1) is 11.4. The van der Waals surface area contributed by atoms with E-state index in [2.05, 4.69) is 36.0 Å². The number of nitrogens with one attached hydrogen (secondary N) is 1. The average molecular weight is 338 g/mol. The number of aliphatic hydroxyl groups is 1. The van der Waals surface area contributed by atoms with E-state index < -0.39 is 0 Å². The number of likely N-dealkylation sites (N-methyl/N-ethyl adjacent to an activating group) is 1. The molecular formula is C17H30N4O3. The maximum absolute atomic E-state index is 12.5. The number of hydrogen-bond donors (Lipinski definition) is 2. The van der Waals surface area contributed by atoms with E-state index in [9.17, 15) is 9.90 Å². The highest BCUT2D eigenvalue weighted by Crippen LogP contribution is 2.16. The highest BCUT2D eigenvalue weighted by Gasteiger charge is 2.30. The van der Waals surface area contributed by atoms with Crippen molar-refractivity contribution in [2.45, 2.75) is 25.9 Å². The number of furan rings is 1. The molecule has 2 rings (SSSR count). The van der Waals surface area contributed by atoms with Crippen LogP contribution in [0.25, 0.3) is 0 Å². The van der Waals surface area contributed by atoms with Crippen molar-refractivity contribution in [3.05, 3.63) is 24.2 Å². The molecule has 1 saturated heterocycles. The molecule has 24 heavy (non-hydrogen) atoms. The summed E-state index contributed by atoms with van der Waals surface area (Å²) in [5, 5.41) is 12.2. The Morgan fingerprint density at radius 1 is 1.38 bits per heavy atom. The molecule has 0 bridgehead atoms. The number of carbonyl (C=O) groups excluding carboxylic acids is 1. The third-order valence-electron chi connectivity index (χ3n) is 4.62. The van der Waals surface area contributed by atoms with Crippen molar-refractivity contribution in [1.82, 2.24) is 20.0 Å². The second-order valence-corrected chi connectivity index (χ2v) is 6.99. The van der Waals surface area contributed by atoms with Gasteiger partial charge in [-0.1, -0.05) is 0 Å². The van der Waals surface area contributed by atoms with Crippen molar-refractivity contribution in [2.75, 3.05) is 52.9 Å². The number of nitrogens with zero attached hydrogens (tertiary/aromatic N) is 3. The second kappa shape index (κ2) is 8.50. The predicted octanol–water partition coefficient (Wildman–Crippen LogP) is 0.810. The first-order valence-corrected chi connectivity index (χ1v) is 8.52. The molecule has 0 atom stereocenters. The van der Waals surface area contributed by atoms with Gasteiger partial charge in [-0.3, -0.25) is 4.90 Å². The molecule has 7 nitrogen and oxygen atoms in total. The summed E-state index contributed by atoms with van der Waals surface area (Å²) in [6.07, 6.45) is 1.58. The fourth-order valence-electron chi connectivity index (χ4n) is 2.89. The summed E-state index contributed by atoms with van der Waals surface area (Å²) >= 11 is 0. The van der Waals surface area contributed by atoms with Crippen LogP contribution in [0.2, 0.25) is 0 Å². The zero-order chi connectivity index (χ0) is 17.6. The smallest absolute Gasteiger partial charge is 0.317 e. The van der Waals surface area contributed by atoms with Gasteiger partial charge in [0, 0.05) is 44.8 Å². The Bertz CT molecular complexity index is 496. The van der Waals surface area contributed by atoms with Crippen LogP contribution in [-0.2, 0) is 6.54 Å². The molecule has 0 aliphatic carbocycles. The molecule has 1 aliphatic rings. The van der Waals surface area contributed by atoms with E-state index in [4.69, 9.17) is 4.42 Å². The Morgan fingerprint density at radius 3 is 2.67 bits per heavy atom. The number of carbonyl (C=O) groups is 1. The van der Waals surface area contributed by atoms with Crippen LogP contribution in [0.1, 0.15) is 19.6 Å². The molecule has 1 aromatic rings. The minimum atomic E-state index is -0.178. The fourth-order valence-corrected chi connectivity index (χ4v) is 2.89. The number of piperazine rings is 1. The van der Waals surface area contributed by atoms with Crippen LogP contribution in [-0.4, -0.2) is 84.3 Å². The van der Waals surface area contributed by atoms with Gasteiger partial charge in [0.1, 0.15) is 5.76 Å². The largest absolute Gasteiger partial charge is 0.467 e. The molecule has 1 aliphatic heterocycles. The molecular weight excluding hydrogens is 308 g/mol. The summed E-state index contributed by atoms with van der Waals surface area (Å²) in [5.74, 6) is 0.705. The van der Waals surface area contributed by atoms with Crippen LogP contribution in [0.3, 0.4) is 0 Å². The zero-order valence-corrected chi connectivity index (χ0v) is 15.0. The summed E-state index contributed by atoms with van der Waals surface area (Å²) < 4.78 is 5.29. The van der Waals surface area contributed by atoms with Gasteiger partial charge in [-0.25, -0.2) is 4.79 Å². The fraction of sp³-hybridized carbons (Fsp3) is 0.706. The van der Waals surface area contributed by atoms with Crippen molar-refractivity contribution in [1.29, 1.82) is 0 Å². The van der Waals surface area contributed by atoms with E-state index in [-0.39, 0.29) is 24.7 Å². The maximum Gasteiger partial charge on any atom is 0.317 e. The second-order valence-electron chi connectivity index (χ2n) is 6.99. The lowest BCUT2D eigenvalue weighted by Gasteiger charge is -2.43. The van der Waals surface area contributed by atoms with Gasteiger partial charge in [0.15, 0.2) is 0 Å². The molecule has 0 aromatic carbocycles. The minimum Gasteiger partial charge on any atom is -0.467 e. The van der Waals surface area contributed by atoms with Gasteiger partial charge < -0.3 is 24.6 Å². The van der Waals surface area contributed by atoms with E-state index in [0.717, 1.165) is 26.2 Å². The Kier molecular flexibility index (Phi) is 6.65. The van der Waals surface area contributed by atoms with Gasteiger partial charge >= 0.3 is 6.03 Å². The van der Waals surface area contributed by atoms with Gasteiger partial charge in [0.05, 0.1) is 19.4 Å². The minimum absolute atomic E-state index is 0.0734. The van der Waals surface area contributed by atoms with Crippen LogP contribution < -0.4 is 5.32 Å². The molecule has 1 aromatic heterocycles. The molecule has 136 valence electrons. The van der Waals surface area contributed by atoms with Crippen molar-refractivity contribution in [3.63, 3.8) is 0 Å². The average Bonchev–Trinajstić information content (AvgIpc) is 3.06. The molecule has 2 N–H and O–H groups in total. The standard InChI is InChI=1S/C17H30N4O3/c1-17(2,21-8-6-19(3)7-9-21)14-18-16(23)20(10-11-22)13-15-5-4-12-24-15/h4-5,12,22H,6-11,13-14H2,1-3H3,(H,18,23). The normalized spacial score (nSPS) is 17.0. The topological polar surface area (TPSA) is 72.2 Å². The third-order valence-corrected chi connectivity index (χ3v) is 4.62. The first kappa shape index (κ1) is 18.8. The molecule has 2 heterocycles. The van der Waals surface area contributed by atoms with E-state index in [1.54, 1.807) is 17.2 Å². The van der Waals surface area contributed by atoms with Crippen LogP contribution in [0.15, 0.2) is 22.8 Å². The van der Waals surface area contributed by atoms with E-state index in [1.165, 1.54) is 0 Å². The number of aliphatic hydroxyl groups excluding tert-OH is 1. The first-order valence-electron chi connectivity index (χ1n) is 8.52. The summed E-state index contributed by atoms with van der Waals surface area (Å²) in [6, 6.07) is 3.44. The van der Waals surface area contributed by atoms with Gasteiger partial charge in [0.25, 0.3) is 0 Å². The molecule has 2 amide bonds. The quantitative estimate of drug-likeness (QED) is 0.770. The molecule has 0 unspecified atom stereocenters.